The number of hydrogen-bond donors (Lipinski definition) is 0. The first-order valence-electron chi connectivity index (χ1n) is 7.10. The average molecular weight is 260 g/mol. The van der Waals surface area contributed by atoms with Gasteiger partial charge in [-0.3, -0.25) is 0 Å². The minimum atomic E-state index is 0.976. The van der Waals surface area contributed by atoms with E-state index in [0.29, 0.717) is 0 Å². The lowest BCUT2D eigenvalue weighted by molar-refractivity contribution is 0.520. The third-order valence-corrected chi connectivity index (χ3v) is 3.96. The van der Waals surface area contributed by atoms with Crippen molar-refractivity contribution in [3.05, 3.63) is 65.4 Å². The van der Waals surface area contributed by atoms with Crippen molar-refractivity contribution in [2.24, 2.45) is 0 Å². The normalized spacial score (nSPS) is 13.7. The fraction of sp³-hybridized carbons (Fsp3) is 0.158. The van der Waals surface area contributed by atoms with Crippen LogP contribution in [0.25, 0.3) is 28.2 Å². The van der Waals surface area contributed by atoms with Crippen LogP contribution in [0.3, 0.4) is 0 Å². The van der Waals surface area contributed by atoms with Gasteiger partial charge in [-0.2, -0.15) is 0 Å². The van der Waals surface area contributed by atoms with E-state index in [1.807, 2.05) is 0 Å². The second kappa shape index (κ2) is 4.38. The van der Waals surface area contributed by atoms with Gasteiger partial charge in [-0.1, -0.05) is 48.0 Å². The van der Waals surface area contributed by atoms with Crippen molar-refractivity contribution in [1.29, 1.82) is 0 Å². The van der Waals surface area contributed by atoms with Crippen LogP contribution >= 0.6 is 0 Å². The van der Waals surface area contributed by atoms with Gasteiger partial charge in [0.05, 0.1) is 0 Å². The summed E-state index contributed by atoms with van der Waals surface area (Å²) in [4.78, 5) is 0. The number of benzene rings is 2. The first kappa shape index (κ1) is 11.5. The Kier molecular flexibility index (Phi) is 2.53. The molecule has 0 amide bonds. The number of aryl methyl sites for hydroxylation is 2. The van der Waals surface area contributed by atoms with Crippen LogP contribution in [0.15, 0.2) is 53.0 Å². The van der Waals surface area contributed by atoms with Crippen LogP contribution in [0.5, 0.6) is 0 Å². The Bertz CT molecular complexity index is 821. The molecular weight excluding hydrogens is 244 g/mol. The predicted octanol–water partition coefficient (Wildman–Crippen LogP) is 5.37. The van der Waals surface area contributed by atoms with Crippen molar-refractivity contribution < 1.29 is 4.42 Å². The highest BCUT2D eigenvalue weighted by molar-refractivity contribution is 5.87. The van der Waals surface area contributed by atoms with Gasteiger partial charge in [0.25, 0.3) is 0 Å². The SMILES string of the molecule is Cc1ccc2cc(-c3cc4c(o3)CCC=C4)ccc2c1. The van der Waals surface area contributed by atoms with Crippen LogP contribution in [0.4, 0.5) is 0 Å². The molecule has 1 aromatic heterocycles. The molecular formula is C19H16O. The van der Waals surface area contributed by atoms with Crippen molar-refractivity contribution >= 4 is 16.8 Å². The quantitative estimate of drug-likeness (QED) is 0.573. The Labute approximate surface area is 118 Å². The van der Waals surface area contributed by atoms with Crippen LogP contribution < -0.4 is 0 Å². The van der Waals surface area contributed by atoms with E-state index in [1.165, 1.54) is 21.9 Å². The van der Waals surface area contributed by atoms with Gasteiger partial charge < -0.3 is 4.42 Å². The molecule has 1 heteroatoms. The van der Waals surface area contributed by atoms with Crippen molar-refractivity contribution in [3.8, 4) is 11.3 Å². The summed E-state index contributed by atoms with van der Waals surface area (Å²) in [5.74, 6) is 2.09. The summed E-state index contributed by atoms with van der Waals surface area (Å²) in [5.41, 5.74) is 3.68. The lowest BCUT2D eigenvalue weighted by Gasteiger charge is -2.03. The molecule has 20 heavy (non-hydrogen) atoms. The number of fused-ring (bicyclic) bond motifs is 2. The molecule has 0 spiro atoms. The summed E-state index contributed by atoms with van der Waals surface area (Å²) in [6, 6.07) is 15.2. The summed E-state index contributed by atoms with van der Waals surface area (Å²) in [7, 11) is 0. The van der Waals surface area contributed by atoms with Crippen molar-refractivity contribution in [1.82, 2.24) is 0 Å². The van der Waals surface area contributed by atoms with Crippen molar-refractivity contribution in [2.45, 2.75) is 19.8 Å². The second-order valence-corrected chi connectivity index (χ2v) is 5.50. The van der Waals surface area contributed by atoms with E-state index in [0.717, 1.165) is 29.9 Å². The van der Waals surface area contributed by atoms with Crippen LogP contribution in [-0.2, 0) is 6.42 Å². The maximum atomic E-state index is 6.01. The Morgan fingerprint density at radius 3 is 2.70 bits per heavy atom. The molecule has 0 aliphatic heterocycles. The average Bonchev–Trinajstić information content (AvgIpc) is 2.90. The molecule has 98 valence electrons. The molecule has 0 N–H and O–H groups in total. The van der Waals surface area contributed by atoms with Gasteiger partial charge in [0.2, 0.25) is 0 Å². The third-order valence-electron chi connectivity index (χ3n) is 3.96. The van der Waals surface area contributed by atoms with E-state index in [9.17, 15) is 0 Å². The van der Waals surface area contributed by atoms with E-state index in [4.69, 9.17) is 4.42 Å². The molecule has 0 radical (unpaired) electrons. The highest BCUT2D eigenvalue weighted by atomic mass is 16.3. The number of furan rings is 1. The molecule has 0 unspecified atom stereocenters. The van der Waals surface area contributed by atoms with Crippen LogP contribution in [0, 0.1) is 6.92 Å². The van der Waals surface area contributed by atoms with Gasteiger partial charge in [0.1, 0.15) is 11.5 Å². The van der Waals surface area contributed by atoms with Gasteiger partial charge in [-0.25, -0.2) is 0 Å². The molecule has 2 aromatic carbocycles. The molecule has 4 rings (SSSR count). The van der Waals surface area contributed by atoms with E-state index < -0.39 is 0 Å². The topological polar surface area (TPSA) is 13.1 Å². The highest BCUT2D eigenvalue weighted by Gasteiger charge is 2.13. The van der Waals surface area contributed by atoms with Gasteiger partial charge in [-0.05, 0) is 36.2 Å². The van der Waals surface area contributed by atoms with Gasteiger partial charge >= 0.3 is 0 Å². The minimum absolute atomic E-state index is 0.976. The van der Waals surface area contributed by atoms with E-state index >= 15 is 0 Å². The summed E-state index contributed by atoms with van der Waals surface area (Å²) in [5, 5.41) is 2.54. The first-order chi connectivity index (χ1) is 9.79. The summed E-state index contributed by atoms with van der Waals surface area (Å²) >= 11 is 0. The Morgan fingerprint density at radius 2 is 1.80 bits per heavy atom. The second-order valence-electron chi connectivity index (χ2n) is 5.50. The number of rotatable bonds is 1. The third kappa shape index (κ3) is 1.87. The summed E-state index contributed by atoms with van der Waals surface area (Å²) in [6.07, 6.45) is 6.47. The fourth-order valence-corrected chi connectivity index (χ4v) is 2.86. The number of hydrogen-bond acceptors (Lipinski definition) is 1. The lowest BCUT2D eigenvalue weighted by Crippen LogP contribution is -1.87. The van der Waals surface area contributed by atoms with Crippen LogP contribution in [0.2, 0.25) is 0 Å². The maximum Gasteiger partial charge on any atom is 0.134 e. The van der Waals surface area contributed by atoms with Crippen LogP contribution in [0.1, 0.15) is 23.3 Å². The smallest absolute Gasteiger partial charge is 0.134 e. The maximum absolute atomic E-state index is 6.01. The molecule has 0 fully saturated rings. The predicted molar refractivity (Wildman–Crippen MR) is 83.7 cm³/mol. The zero-order valence-corrected chi connectivity index (χ0v) is 11.5. The molecule has 1 aliphatic carbocycles. The van der Waals surface area contributed by atoms with E-state index in [1.54, 1.807) is 0 Å². The molecule has 3 aromatic rings. The van der Waals surface area contributed by atoms with Crippen molar-refractivity contribution in [3.63, 3.8) is 0 Å². The molecule has 1 nitrogen and oxygen atoms in total. The van der Waals surface area contributed by atoms with Crippen LogP contribution in [-0.4, -0.2) is 0 Å². The lowest BCUT2D eigenvalue weighted by atomic mass is 10.0. The molecule has 0 bridgehead atoms. The standard InChI is InChI=1S/C19H16O/c1-13-6-7-15-11-17(9-8-14(15)10-13)19-12-16-4-2-3-5-18(16)20-19/h2,4,6-12H,3,5H2,1H3. The Morgan fingerprint density at radius 1 is 0.950 bits per heavy atom. The first-order valence-corrected chi connectivity index (χ1v) is 7.10. The largest absolute Gasteiger partial charge is 0.460 e. The zero-order chi connectivity index (χ0) is 13.5. The monoisotopic (exact) mass is 260 g/mol. The Hall–Kier alpha value is -2.28. The molecule has 0 atom stereocenters. The van der Waals surface area contributed by atoms with E-state index in [2.05, 4.69) is 61.5 Å². The zero-order valence-electron chi connectivity index (χ0n) is 11.5. The molecule has 0 saturated heterocycles. The van der Waals surface area contributed by atoms with E-state index in [-0.39, 0.29) is 0 Å². The highest BCUT2D eigenvalue weighted by Crippen LogP contribution is 2.31. The summed E-state index contributed by atoms with van der Waals surface area (Å²) < 4.78 is 6.01. The molecule has 1 aliphatic rings. The minimum Gasteiger partial charge on any atom is -0.460 e. The Balaban J connectivity index is 1.83. The van der Waals surface area contributed by atoms with Crippen molar-refractivity contribution in [2.75, 3.05) is 0 Å². The number of allylic oxidation sites excluding steroid dienone is 1. The summed E-state index contributed by atoms with van der Waals surface area (Å²) in [6.45, 7) is 2.13. The van der Waals surface area contributed by atoms with Gasteiger partial charge in [0, 0.05) is 17.5 Å². The molecule has 1 heterocycles. The van der Waals surface area contributed by atoms with Gasteiger partial charge in [0.15, 0.2) is 0 Å². The fourth-order valence-electron chi connectivity index (χ4n) is 2.86. The van der Waals surface area contributed by atoms with Gasteiger partial charge in [-0.15, -0.1) is 0 Å². The molecule has 0 saturated carbocycles.